The van der Waals surface area contributed by atoms with Gasteiger partial charge in [0, 0.05) is 25.2 Å². The summed E-state index contributed by atoms with van der Waals surface area (Å²) in [6.45, 7) is 0. The molecule has 33 heavy (non-hydrogen) atoms. The van der Waals surface area contributed by atoms with Crippen LogP contribution in [0, 0.1) is 0 Å². The molecule has 4 unspecified atom stereocenters. The van der Waals surface area contributed by atoms with Gasteiger partial charge in [0.25, 0.3) is 0 Å². The Kier molecular flexibility index (Phi) is 7.56. The number of ether oxygens (including phenoxy) is 3. The fourth-order valence-corrected chi connectivity index (χ4v) is 5.41. The summed E-state index contributed by atoms with van der Waals surface area (Å²) in [6.07, 6.45) is 0. The maximum atomic E-state index is 6.70. The highest BCUT2D eigenvalue weighted by atomic mass is 32.2. The Balaban J connectivity index is 1.93. The lowest BCUT2D eigenvalue weighted by Crippen LogP contribution is -2.33. The van der Waals surface area contributed by atoms with E-state index in [1.165, 1.54) is 11.8 Å². The molecule has 12 heteroatoms. The molecule has 0 amide bonds. The summed E-state index contributed by atoms with van der Waals surface area (Å²) in [5.41, 5.74) is 27.6. The standard InChI is InChI=1S/C21H29N7O3S2/c1-29-11-8-9-15-12(10-11)16(17(23)32-19(24)30-2)18(25-14-7-5-4-6-13(14)22)28(15)20-26-27-21(31-3)33-20/h4-10,17,19-21,25-27H,22-24H2,1-3H3. The molecule has 10 nitrogen and oxygen atoms in total. The van der Waals surface area contributed by atoms with Gasteiger partial charge in [-0.2, -0.15) is 0 Å². The van der Waals surface area contributed by atoms with E-state index in [2.05, 4.69) is 20.7 Å². The van der Waals surface area contributed by atoms with Gasteiger partial charge in [-0.25, -0.2) is 10.9 Å². The van der Waals surface area contributed by atoms with Gasteiger partial charge in [0.05, 0.1) is 29.4 Å². The van der Waals surface area contributed by atoms with Crippen LogP contribution in [0.1, 0.15) is 16.4 Å². The highest BCUT2D eigenvalue weighted by Gasteiger charge is 2.32. The topological polar surface area (TPSA) is 147 Å². The second-order valence-corrected chi connectivity index (χ2v) is 9.62. The summed E-state index contributed by atoms with van der Waals surface area (Å²) in [5, 5.41) is 3.95. The van der Waals surface area contributed by atoms with E-state index in [0.29, 0.717) is 5.69 Å². The maximum absolute atomic E-state index is 6.70. The van der Waals surface area contributed by atoms with Gasteiger partial charge in [-0.1, -0.05) is 35.7 Å². The van der Waals surface area contributed by atoms with E-state index < -0.39 is 10.9 Å². The first-order chi connectivity index (χ1) is 16.0. The molecule has 0 radical (unpaired) electrons. The van der Waals surface area contributed by atoms with Crippen molar-refractivity contribution in [2.45, 2.75) is 22.0 Å². The van der Waals surface area contributed by atoms with Crippen LogP contribution >= 0.6 is 23.5 Å². The summed E-state index contributed by atoms with van der Waals surface area (Å²) in [6, 6.07) is 13.5. The van der Waals surface area contributed by atoms with Gasteiger partial charge in [0.1, 0.15) is 17.1 Å². The Morgan fingerprint density at radius 1 is 1.12 bits per heavy atom. The van der Waals surface area contributed by atoms with Crippen LogP contribution in [0.25, 0.3) is 10.9 Å². The molecule has 1 aromatic heterocycles. The van der Waals surface area contributed by atoms with Crippen LogP contribution in [0.3, 0.4) is 0 Å². The lowest BCUT2D eigenvalue weighted by molar-refractivity contribution is 0.140. The second-order valence-electron chi connectivity index (χ2n) is 7.23. The summed E-state index contributed by atoms with van der Waals surface area (Å²) in [4.78, 5) is 0. The van der Waals surface area contributed by atoms with Gasteiger partial charge >= 0.3 is 0 Å². The van der Waals surface area contributed by atoms with Crippen LogP contribution in [0.5, 0.6) is 5.75 Å². The first kappa shape index (κ1) is 24.0. The number of anilines is 3. The summed E-state index contributed by atoms with van der Waals surface area (Å²) in [7, 11) is 4.84. The molecule has 0 aliphatic carbocycles. The third-order valence-electron chi connectivity index (χ3n) is 5.29. The fraction of sp³-hybridized carbons (Fsp3) is 0.333. The van der Waals surface area contributed by atoms with Gasteiger partial charge in [-0.3, -0.25) is 5.73 Å². The third-order valence-corrected chi connectivity index (χ3v) is 7.42. The van der Waals surface area contributed by atoms with E-state index in [-0.39, 0.29) is 11.1 Å². The van der Waals surface area contributed by atoms with E-state index in [1.807, 2.05) is 42.5 Å². The molecule has 1 aliphatic rings. The van der Waals surface area contributed by atoms with E-state index in [4.69, 9.17) is 31.4 Å². The zero-order valence-corrected chi connectivity index (χ0v) is 20.2. The number of nitrogen functional groups attached to an aromatic ring is 1. The fourth-order valence-electron chi connectivity index (χ4n) is 3.68. The molecule has 4 atom stereocenters. The predicted molar refractivity (Wildman–Crippen MR) is 136 cm³/mol. The zero-order valence-electron chi connectivity index (χ0n) is 18.6. The number of hydrogen-bond donors (Lipinski definition) is 6. The smallest absolute Gasteiger partial charge is 0.171 e. The Morgan fingerprint density at radius 3 is 2.58 bits per heavy atom. The number of hydrogen-bond acceptors (Lipinski definition) is 11. The summed E-state index contributed by atoms with van der Waals surface area (Å²) < 4.78 is 18.4. The highest BCUT2D eigenvalue weighted by Crippen LogP contribution is 2.45. The van der Waals surface area contributed by atoms with Crippen molar-refractivity contribution in [2.24, 2.45) is 11.5 Å². The number of aromatic nitrogens is 1. The lowest BCUT2D eigenvalue weighted by Gasteiger charge is -2.22. The number of nitrogens with zero attached hydrogens (tertiary/aromatic N) is 1. The number of fused-ring (bicyclic) bond motifs is 1. The minimum Gasteiger partial charge on any atom is -0.497 e. The van der Waals surface area contributed by atoms with Gasteiger partial charge in [-0.05, 0) is 30.3 Å². The third kappa shape index (κ3) is 4.88. The molecule has 1 fully saturated rings. The quantitative estimate of drug-likeness (QED) is 0.194. The maximum Gasteiger partial charge on any atom is 0.171 e. The molecule has 2 heterocycles. The predicted octanol–water partition coefficient (Wildman–Crippen LogP) is 2.78. The minimum atomic E-state index is -0.586. The van der Waals surface area contributed by atoms with Gasteiger partial charge < -0.3 is 35.6 Å². The second kappa shape index (κ2) is 10.4. The first-order valence-electron chi connectivity index (χ1n) is 10.2. The largest absolute Gasteiger partial charge is 0.497 e. The number of nitrogens with two attached hydrogens (primary N) is 3. The molecule has 0 spiro atoms. The average Bonchev–Trinajstić information content (AvgIpc) is 3.41. The molecule has 0 bridgehead atoms. The van der Waals surface area contributed by atoms with Crippen molar-refractivity contribution in [1.82, 2.24) is 15.4 Å². The average molecular weight is 492 g/mol. The van der Waals surface area contributed by atoms with Crippen molar-refractivity contribution in [1.29, 1.82) is 0 Å². The van der Waals surface area contributed by atoms with Gasteiger partial charge in [0.15, 0.2) is 11.1 Å². The zero-order chi connectivity index (χ0) is 23.5. The van der Waals surface area contributed by atoms with Crippen LogP contribution in [-0.2, 0) is 9.47 Å². The first-order valence-corrected chi connectivity index (χ1v) is 12.1. The number of nitrogens with one attached hydrogen (secondary N) is 3. The van der Waals surface area contributed by atoms with Crippen molar-refractivity contribution in [3.05, 3.63) is 48.0 Å². The van der Waals surface area contributed by atoms with Crippen LogP contribution < -0.4 is 38.1 Å². The van der Waals surface area contributed by atoms with E-state index in [9.17, 15) is 0 Å². The highest BCUT2D eigenvalue weighted by molar-refractivity contribution is 8.00. The number of methoxy groups -OCH3 is 3. The van der Waals surface area contributed by atoms with Crippen LogP contribution in [-0.4, -0.2) is 37.0 Å². The normalized spacial score (nSPS) is 20.2. The van der Waals surface area contributed by atoms with E-state index in [1.54, 1.807) is 33.1 Å². The number of thioether (sulfide) groups is 2. The molecule has 9 N–H and O–H groups in total. The van der Waals surface area contributed by atoms with Crippen molar-refractivity contribution in [3.8, 4) is 5.75 Å². The molecule has 2 aromatic carbocycles. The molecular weight excluding hydrogens is 462 g/mol. The summed E-state index contributed by atoms with van der Waals surface area (Å²) in [5.74, 6) is 1.50. The number of rotatable bonds is 9. The SMILES string of the molecule is COc1ccc2c(c1)c(C(N)SC(N)OC)c(Nc1ccccc1N)n2C1NNC(OC)S1. The van der Waals surface area contributed by atoms with Crippen molar-refractivity contribution < 1.29 is 14.2 Å². The van der Waals surface area contributed by atoms with Crippen LogP contribution in [0.15, 0.2) is 42.5 Å². The lowest BCUT2D eigenvalue weighted by atomic mass is 10.1. The molecule has 3 aromatic rings. The van der Waals surface area contributed by atoms with E-state index in [0.717, 1.165) is 33.7 Å². The molecule has 1 aliphatic heterocycles. The number of para-hydroxylation sites is 2. The Labute approximate surface area is 200 Å². The monoisotopic (exact) mass is 491 g/mol. The number of hydrazine groups is 1. The molecule has 0 saturated carbocycles. The Morgan fingerprint density at radius 2 is 1.91 bits per heavy atom. The van der Waals surface area contributed by atoms with Crippen molar-refractivity contribution >= 4 is 51.6 Å². The Hall–Kier alpha value is -2.16. The van der Waals surface area contributed by atoms with Gasteiger partial charge in [0.2, 0.25) is 0 Å². The minimum absolute atomic E-state index is 0.194. The molecule has 178 valence electrons. The van der Waals surface area contributed by atoms with Crippen molar-refractivity contribution in [2.75, 3.05) is 32.4 Å². The molecule has 1 saturated heterocycles. The molecular formula is C21H29N7O3S2. The van der Waals surface area contributed by atoms with E-state index >= 15 is 0 Å². The number of benzene rings is 2. The summed E-state index contributed by atoms with van der Waals surface area (Å²) >= 11 is 2.89. The van der Waals surface area contributed by atoms with Crippen LogP contribution in [0.2, 0.25) is 0 Å². The molecule has 4 rings (SSSR count). The Bertz CT molecular complexity index is 1110. The van der Waals surface area contributed by atoms with Gasteiger partial charge in [-0.15, -0.1) is 0 Å². The van der Waals surface area contributed by atoms with Crippen LogP contribution in [0.4, 0.5) is 17.2 Å². The van der Waals surface area contributed by atoms with Crippen molar-refractivity contribution in [3.63, 3.8) is 0 Å².